The van der Waals surface area contributed by atoms with Crippen LogP contribution in [0.1, 0.15) is 51.9 Å². The second kappa shape index (κ2) is 8.66. The van der Waals surface area contributed by atoms with Gasteiger partial charge in [-0.2, -0.15) is 0 Å². The van der Waals surface area contributed by atoms with Gasteiger partial charge in [0.15, 0.2) is 0 Å². The summed E-state index contributed by atoms with van der Waals surface area (Å²) in [7, 11) is 0. The largest absolute Gasteiger partial charge is 0.290 e. The molecular formula is C13H24N2. The van der Waals surface area contributed by atoms with E-state index in [-0.39, 0.29) is 0 Å². The van der Waals surface area contributed by atoms with Crippen LogP contribution in [0.25, 0.3) is 0 Å². The van der Waals surface area contributed by atoms with Gasteiger partial charge < -0.3 is 0 Å². The van der Waals surface area contributed by atoms with Crippen molar-refractivity contribution in [3.05, 3.63) is 12.2 Å². The second-order valence-corrected chi connectivity index (χ2v) is 4.17. The molecule has 0 aromatic rings. The zero-order valence-electron chi connectivity index (χ0n) is 9.91. The van der Waals surface area contributed by atoms with Gasteiger partial charge in [0.25, 0.3) is 0 Å². The molecule has 0 radical (unpaired) electrons. The summed E-state index contributed by atoms with van der Waals surface area (Å²) >= 11 is 0. The van der Waals surface area contributed by atoms with Crippen LogP contribution < -0.4 is 5.32 Å². The summed E-state index contributed by atoms with van der Waals surface area (Å²) in [6, 6.07) is 0. The van der Waals surface area contributed by atoms with Gasteiger partial charge in [0.2, 0.25) is 0 Å². The first-order valence-electron chi connectivity index (χ1n) is 6.33. The molecule has 15 heavy (non-hydrogen) atoms. The van der Waals surface area contributed by atoms with Crippen LogP contribution in [0.5, 0.6) is 0 Å². The SMILES string of the molecule is CCCCCCC/C=C/CC1N=CCN1. The van der Waals surface area contributed by atoms with Crippen molar-refractivity contribution in [3.63, 3.8) is 0 Å². The Labute approximate surface area is 93.9 Å². The molecule has 0 spiro atoms. The molecule has 2 heteroatoms. The number of aliphatic imine (C=N–C) groups is 1. The monoisotopic (exact) mass is 208 g/mol. The molecule has 1 unspecified atom stereocenters. The lowest BCUT2D eigenvalue weighted by molar-refractivity contribution is 0.608. The fourth-order valence-corrected chi connectivity index (χ4v) is 1.77. The summed E-state index contributed by atoms with van der Waals surface area (Å²) < 4.78 is 0. The molecule has 0 bridgehead atoms. The maximum Gasteiger partial charge on any atom is 0.103 e. The van der Waals surface area contributed by atoms with Gasteiger partial charge in [-0.15, -0.1) is 0 Å². The molecule has 1 heterocycles. The minimum absolute atomic E-state index is 0.348. The van der Waals surface area contributed by atoms with E-state index < -0.39 is 0 Å². The Hall–Kier alpha value is -0.630. The molecule has 1 N–H and O–H groups in total. The van der Waals surface area contributed by atoms with Gasteiger partial charge in [0.05, 0.1) is 0 Å². The standard InChI is InChI=1S/C13H24N2/c1-2-3-4-5-6-7-8-9-10-13-14-11-12-15-13/h8-9,11,13,15H,2-7,10,12H2,1H3/b9-8+. The summed E-state index contributed by atoms with van der Waals surface area (Å²) in [5.74, 6) is 0. The predicted molar refractivity (Wildman–Crippen MR) is 67.4 cm³/mol. The lowest BCUT2D eigenvalue weighted by Crippen LogP contribution is -2.20. The van der Waals surface area contributed by atoms with Gasteiger partial charge >= 0.3 is 0 Å². The molecule has 0 aliphatic carbocycles. The number of hydrogen-bond donors (Lipinski definition) is 1. The van der Waals surface area contributed by atoms with E-state index >= 15 is 0 Å². The number of nitrogens with one attached hydrogen (secondary N) is 1. The number of allylic oxidation sites excluding steroid dienone is 1. The zero-order chi connectivity index (χ0) is 10.8. The second-order valence-electron chi connectivity index (χ2n) is 4.17. The Morgan fingerprint density at radius 3 is 2.87 bits per heavy atom. The summed E-state index contributed by atoms with van der Waals surface area (Å²) in [5.41, 5.74) is 0. The van der Waals surface area contributed by atoms with E-state index in [2.05, 4.69) is 29.4 Å². The van der Waals surface area contributed by atoms with E-state index in [9.17, 15) is 0 Å². The first kappa shape index (κ1) is 12.4. The molecule has 1 rings (SSSR count). The third-order valence-corrected chi connectivity index (χ3v) is 2.73. The van der Waals surface area contributed by atoms with Crippen LogP contribution in [-0.4, -0.2) is 18.9 Å². The van der Waals surface area contributed by atoms with Crippen LogP contribution in [0.15, 0.2) is 17.1 Å². The average Bonchev–Trinajstić information content (AvgIpc) is 2.75. The molecule has 1 aliphatic heterocycles. The Balaban J connectivity index is 1.86. The van der Waals surface area contributed by atoms with Crippen molar-refractivity contribution >= 4 is 6.21 Å². The van der Waals surface area contributed by atoms with E-state index in [1.54, 1.807) is 0 Å². The highest BCUT2D eigenvalue weighted by Gasteiger charge is 2.05. The summed E-state index contributed by atoms with van der Waals surface area (Å²) in [5, 5.41) is 3.30. The number of rotatable bonds is 8. The van der Waals surface area contributed by atoms with Crippen molar-refractivity contribution in [3.8, 4) is 0 Å². The highest BCUT2D eigenvalue weighted by Crippen LogP contribution is 2.06. The topological polar surface area (TPSA) is 24.4 Å². The first-order valence-corrected chi connectivity index (χ1v) is 6.33. The summed E-state index contributed by atoms with van der Waals surface area (Å²) in [4.78, 5) is 4.31. The minimum Gasteiger partial charge on any atom is -0.290 e. The van der Waals surface area contributed by atoms with Gasteiger partial charge in [-0.05, 0) is 12.8 Å². The molecule has 0 amide bonds. The van der Waals surface area contributed by atoms with E-state index in [0.717, 1.165) is 13.0 Å². The maximum absolute atomic E-state index is 4.31. The molecule has 1 atom stereocenters. The Bertz CT molecular complexity index is 197. The van der Waals surface area contributed by atoms with E-state index in [1.807, 2.05) is 6.21 Å². The molecule has 0 aromatic heterocycles. The highest BCUT2D eigenvalue weighted by atomic mass is 15.1. The van der Waals surface area contributed by atoms with Crippen molar-refractivity contribution < 1.29 is 0 Å². The molecule has 0 fully saturated rings. The fourth-order valence-electron chi connectivity index (χ4n) is 1.77. The van der Waals surface area contributed by atoms with Crippen molar-refractivity contribution in [1.29, 1.82) is 0 Å². The maximum atomic E-state index is 4.31. The average molecular weight is 208 g/mol. The van der Waals surface area contributed by atoms with Crippen molar-refractivity contribution in [2.24, 2.45) is 4.99 Å². The number of nitrogens with zero attached hydrogens (tertiary/aromatic N) is 1. The lowest BCUT2D eigenvalue weighted by Gasteiger charge is -2.02. The van der Waals surface area contributed by atoms with Crippen LogP contribution in [-0.2, 0) is 0 Å². The molecular weight excluding hydrogens is 184 g/mol. The molecule has 0 aromatic carbocycles. The van der Waals surface area contributed by atoms with E-state index in [1.165, 1.54) is 38.5 Å². The van der Waals surface area contributed by atoms with Crippen LogP contribution in [0, 0.1) is 0 Å². The normalized spacial score (nSPS) is 20.5. The third kappa shape index (κ3) is 6.45. The number of unbranched alkanes of at least 4 members (excludes halogenated alkanes) is 5. The fraction of sp³-hybridized carbons (Fsp3) is 0.769. The van der Waals surface area contributed by atoms with Crippen LogP contribution in [0.2, 0.25) is 0 Å². The van der Waals surface area contributed by atoms with Crippen molar-refractivity contribution in [1.82, 2.24) is 5.32 Å². The molecule has 2 nitrogen and oxygen atoms in total. The highest BCUT2D eigenvalue weighted by molar-refractivity contribution is 5.61. The van der Waals surface area contributed by atoms with Crippen molar-refractivity contribution in [2.75, 3.05) is 6.54 Å². The third-order valence-electron chi connectivity index (χ3n) is 2.73. The zero-order valence-corrected chi connectivity index (χ0v) is 9.91. The Kier molecular flexibility index (Phi) is 7.18. The van der Waals surface area contributed by atoms with Gasteiger partial charge in [-0.1, -0.05) is 44.8 Å². The summed E-state index contributed by atoms with van der Waals surface area (Å²) in [6.07, 6.45) is 16.0. The van der Waals surface area contributed by atoms with E-state index in [0.29, 0.717) is 6.17 Å². The first-order chi connectivity index (χ1) is 7.43. The van der Waals surface area contributed by atoms with Gasteiger partial charge in [-0.3, -0.25) is 10.3 Å². The Morgan fingerprint density at radius 2 is 2.13 bits per heavy atom. The predicted octanol–water partition coefficient (Wildman–Crippen LogP) is 3.29. The number of hydrogen-bond acceptors (Lipinski definition) is 2. The van der Waals surface area contributed by atoms with Crippen LogP contribution >= 0.6 is 0 Å². The Morgan fingerprint density at radius 1 is 1.27 bits per heavy atom. The van der Waals surface area contributed by atoms with E-state index in [4.69, 9.17) is 0 Å². The van der Waals surface area contributed by atoms with Crippen molar-refractivity contribution in [2.45, 2.75) is 58.0 Å². The van der Waals surface area contributed by atoms with Gasteiger partial charge in [0.1, 0.15) is 6.17 Å². The molecule has 0 saturated carbocycles. The van der Waals surface area contributed by atoms with Crippen LogP contribution in [0.3, 0.4) is 0 Å². The quantitative estimate of drug-likeness (QED) is 0.480. The molecule has 86 valence electrons. The smallest absolute Gasteiger partial charge is 0.103 e. The summed E-state index contributed by atoms with van der Waals surface area (Å²) in [6.45, 7) is 3.20. The van der Waals surface area contributed by atoms with Crippen LogP contribution in [0.4, 0.5) is 0 Å². The molecule has 0 saturated heterocycles. The minimum atomic E-state index is 0.348. The lowest BCUT2D eigenvalue weighted by atomic mass is 10.1. The molecule has 1 aliphatic rings. The van der Waals surface area contributed by atoms with Gasteiger partial charge in [-0.25, -0.2) is 0 Å². The van der Waals surface area contributed by atoms with Gasteiger partial charge in [0, 0.05) is 19.2 Å².